The Kier molecular flexibility index (Phi) is 2.93. The number of benzene rings is 1. The molecule has 14 heavy (non-hydrogen) atoms. The van der Waals surface area contributed by atoms with Crippen LogP contribution >= 0.6 is 33.9 Å². The smallest absolute Gasteiger partial charge is 0.222 e. The van der Waals surface area contributed by atoms with Gasteiger partial charge in [0.1, 0.15) is 0 Å². The number of carbonyl (C=O) groups is 1. The molecule has 0 aliphatic heterocycles. The maximum Gasteiger partial charge on any atom is 0.222 e. The van der Waals surface area contributed by atoms with Crippen LogP contribution in [0.3, 0.4) is 0 Å². The third-order valence-corrected chi connectivity index (χ3v) is 3.46. The van der Waals surface area contributed by atoms with E-state index >= 15 is 0 Å². The quantitative estimate of drug-likeness (QED) is 0.630. The first-order valence-corrected chi connectivity index (χ1v) is 5.93. The fourth-order valence-corrected chi connectivity index (χ4v) is 2.32. The highest BCUT2D eigenvalue weighted by Gasteiger charge is 2.13. The predicted molar refractivity (Wildman–Crippen MR) is 64.7 cm³/mol. The fourth-order valence-electron chi connectivity index (χ4n) is 1.10. The van der Waals surface area contributed by atoms with Gasteiger partial charge in [-0.1, -0.05) is 12.1 Å². The molecule has 0 bridgehead atoms. The molecule has 0 fully saturated rings. The number of ketones is 1. The highest BCUT2D eigenvalue weighted by Crippen LogP contribution is 2.17. The van der Waals surface area contributed by atoms with Crippen molar-refractivity contribution in [2.24, 2.45) is 0 Å². The number of hydrogen-bond acceptors (Lipinski definition) is 3. The molecule has 0 N–H and O–H groups in total. The molecule has 0 aliphatic rings. The lowest BCUT2D eigenvalue weighted by Crippen LogP contribution is -2.02. The first-order valence-electron chi connectivity index (χ1n) is 3.98. The summed E-state index contributed by atoms with van der Waals surface area (Å²) < 4.78 is 0.963. The van der Waals surface area contributed by atoms with Crippen LogP contribution in [0.15, 0.2) is 35.8 Å². The third kappa shape index (κ3) is 1.85. The van der Waals surface area contributed by atoms with Gasteiger partial charge in [0, 0.05) is 20.7 Å². The number of halogens is 1. The van der Waals surface area contributed by atoms with Crippen LogP contribution < -0.4 is 0 Å². The average molecular weight is 315 g/mol. The van der Waals surface area contributed by atoms with Gasteiger partial charge in [-0.3, -0.25) is 4.79 Å². The third-order valence-electron chi connectivity index (χ3n) is 1.75. The molecule has 4 heteroatoms. The minimum Gasteiger partial charge on any atom is -0.286 e. The van der Waals surface area contributed by atoms with E-state index < -0.39 is 0 Å². The van der Waals surface area contributed by atoms with Crippen molar-refractivity contribution >= 4 is 39.7 Å². The Morgan fingerprint density at radius 2 is 2.14 bits per heavy atom. The van der Waals surface area contributed by atoms with Crippen LogP contribution in [0.1, 0.15) is 15.4 Å². The molecule has 2 rings (SSSR count). The first kappa shape index (κ1) is 9.79. The van der Waals surface area contributed by atoms with Gasteiger partial charge in [0.25, 0.3) is 0 Å². The maximum absolute atomic E-state index is 11.9. The topological polar surface area (TPSA) is 30.0 Å². The fraction of sp³-hybridized carbons (Fsp3) is 0. The molecule has 1 aromatic carbocycles. The van der Waals surface area contributed by atoms with Gasteiger partial charge in [0.2, 0.25) is 5.78 Å². The summed E-state index contributed by atoms with van der Waals surface area (Å²) in [5.41, 5.74) is 0.725. The molecule has 0 unspecified atom stereocenters. The molecule has 0 spiro atoms. The molecule has 0 radical (unpaired) electrons. The summed E-state index contributed by atoms with van der Waals surface area (Å²) in [6.45, 7) is 0. The van der Waals surface area contributed by atoms with Gasteiger partial charge < -0.3 is 0 Å². The van der Waals surface area contributed by atoms with E-state index in [0.29, 0.717) is 5.01 Å². The lowest BCUT2D eigenvalue weighted by atomic mass is 10.1. The standard InChI is InChI=1S/C10H6INOS/c11-8-4-2-1-3-7(8)9(13)10-12-5-6-14-10/h1-6H. The first-order chi connectivity index (χ1) is 6.79. The average Bonchev–Trinajstić information content (AvgIpc) is 2.70. The Morgan fingerprint density at radius 3 is 2.79 bits per heavy atom. The van der Waals surface area contributed by atoms with Crippen molar-refractivity contribution in [1.29, 1.82) is 0 Å². The Morgan fingerprint density at radius 1 is 1.36 bits per heavy atom. The summed E-state index contributed by atoms with van der Waals surface area (Å²) in [6, 6.07) is 7.52. The van der Waals surface area contributed by atoms with Crippen LogP contribution in [0.25, 0.3) is 0 Å². The van der Waals surface area contributed by atoms with E-state index in [1.54, 1.807) is 6.20 Å². The Labute approximate surface area is 99.1 Å². The molecule has 1 heterocycles. The molecule has 0 saturated heterocycles. The second-order valence-electron chi connectivity index (χ2n) is 2.65. The number of hydrogen-bond donors (Lipinski definition) is 0. The Hall–Kier alpha value is -0.750. The zero-order chi connectivity index (χ0) is 9.97. The molecule has 0 saturated carbocycles. The lowest BCUT2D eigenvalue weighted by molar-refractivity contribution is 0.103. The highest BCUT2D eigenvalue weighted by atomic mass is 127. The van der Waals surface area contributed by atoms with Crippen LogP contribution in [-0.2, 0) is 0 Å². The molecule has 1 aromatic heterocycles. The van der Waals surface area contributed by atoms with Crippen molar-refractivity contribution in [3.63, 3.8) is 0 Å². The van der Waals surface area contributed by atoms with Gasteiger partial charge in [0.05, 0.1) is 0 Å². The van der Waals surface area contributed by atoms with Crippen LogP contribution in [-0.4, -0.2) is 10.8 Å². The second-order valence-corrected chi connectivity index (χ2v) is 4.70. The summed E-state index contributed by atoms with van der Waals surface area (Å²) >= 11 is 3.53. The summed E-state index contributed by atoms with van der Waals surface area (Å²) in [6.07, 6.45) is 1.65. The van der Waals surface area contributed by atoms with Crippen LogP contribution in [0.5, 0.6) is 0 Å². The van der Waals surface area contributed by atoms with Crippen LogP contribution in [0.4, 0.5) is 0 Å². The van der Waals surface area contributed by atoms with Gasteiger partial charge in [0.15, 0.2) is 5.01 Å². The summed E-state index contributed by atoms with van der Waals surface area (Å²) in [5.74, 6) is 0.00463. The normalized spacial score (nSPS) is 10.1. The number of carbonyl (C=O) groups excluding carboxylic acids is 1. The molecule has 0 aliphatic carbocycles. The van der Waals surface area contributed by atoms with Crippen LogP contribution in [0.2, 0.25) is 0 Å². The molecular weight excluding hydrogens is 309 g/mol. The summed E-state index contributed by atoms with van der Waals surface area (Å²) in [7, 11) is 0. The van der Waals surface area contributed by atoms with E-state index in [0.717, 1.165) is 9.13 Å². The van der Waals surface area contributed by atoms with Crippen molar-refractivity contribution in [2.75, 3.05) is 0 Å². The summed E-state index contributed by atoms with van der Waals surface area (Å²) in [5, 5.41) is 2.36. The molecule has 2 aromatic rings. The Bertz CT molecular complexity index is 453. The van der Waals surface area contributed by atoms with Crippen molar-refractivity contribution in [3.8, 4) is 0 Å². The van der Waals surface area contributed by atoms with Gasteiger partial charge >= 0.3 is 0 Å². The van der Waals surface area contributed by atoms with E-state index in [1.807, 2.05) is 29.6 Å². The van der Waals surface area contributed by atoms with Crippen molar-refractivity contribution in [3.05, 3.63) is 50.0 Å². The number of thiazole rings is 1. The lowest BCUT2D eigenvalue weighted by Gasteiger charge is -1.99. The van der Waals surface area contributed by atoms with Gasteiger partial charge in [-0.05, 0) is 34.7 Å². The van der Waals surface area contributed by atoms with Crippen molar-refractivity contribution in [2.45, 2.75) is 0 Å². The molecular formula is C10H6INOS. The largest absolute Gasteiger partial charge is 0.286 e. The molecule has 0 amide bonds. The van der Waals surface area contributed by atoms with Gasteiger partial charge in [-0.15, -0.1) is 11.3 Å². The van der Waals surface area contributed by atoms with E-state index in [2.05, 4.69) is 27.6 Å². The number of rotatable bonds is 2. The second kappa shape index (κ2) is 4.18. The monoisotopic (exact) mass is 315 g/mol. The van der Waals surface area contributed by atoms with E-state index in [9.17, 15) is 4.79 Å². The number of nitrogens with zero attached hydrogens (tertiary/aromatic N) is 1. The predicted octanol–water partition coefficient (Wildman–Crippen LogP) is 2.98. The summed E-state index contributed by atoms with van der Waals surface area (Å²) in [4.78, 5) is 15.9. The molecule has 2 nitrogen and oxygen atoms in total. The minimum atomic E-state index is 0.00463. The minimum absolute atomic E-state index is 0.00463. The van der Waals surface area contributed by atoms with E-state index in [-0.39, 0.29) is 5.78 Å². The molecule has 0 atom stereocenters. The SMILES string of the molecule is O=C(c1nccs1)c1ccccc1I. The van der Waals surface area contributed by atoms with E-state index in [4.69, 9.17) is 0 Å². The van der Waals surface area contributed by atoms with Crippen molar-refractivity contribution < 1.29 is 4.79 Å². The van der Waals surface area contributed by atoms with Crippen molar-refractivity contribution in [1.82, 2.24) is 4.98 Å². The van der Waals surface area contributed by atoms with Gasteiger partial charge in [-0.25, -0.2) is 4.98 Å². The molecule has 70 valence electrons. The Balaban J connectivity index is 2.42. The zero-order valence-corrected chi connectivity index (χ0v) is 10.1. The highest BCUT2D eigenvalue weighted by molar-refractivity contribution is 14.1. The zero-order valence-electron chi connectivity index (χ0n) is 7.11. The van der Waals surface area contributed by atoms with Gasteiger partial charge in [-0.2, -0.15) is 0 Å². The van der Waals surface area contributed by atoms with E-state index in [1.165, 1.54) is 11.3 Å². The maximum atomic E-state index is 11.9. The number of aromatic nitrogens is 1. The van der Waals surface area contributed by atoms with Crippen LogP contribution in [0, 0.1) is 3.57 Å².